The van der Waals surface area contributed by atoms with Gasteiger partial charge >= 0.3 is 19.3 Å². The number of hydrogen-bond donors (Lipinski definition) is 2. The molecular weight excluding hydrogens is 590 g/mol. The summed E-state index contributed by atoms with van der Waals surface area (Å²) in [6, 6.07) is 3.32. The summed E-state index contributed by atoms with van der Waals surface area (Å²) in [6.45, 7) is 13.1. The number of hydrogen-bond acceptors (Lipinski definition) is 7. The van der Waals surface area contributed by atoms with Gasteiger partial charge in [-0.2, -0.15) is 13.2 Å². The molecule has 1 unspecified atom stereocenters. The minimum Gasteiger partial charge on any atom is -0.497 e. The van der Waals surface area contributed by atoms with Crippen LogP contribution >= 0.6 is 0 Å². The summed E-state index contributed by atoms with van der Waals surface area (Å²) in [4.78, 5) is 22.5. The van der Waals surface area contributed by atoms with Gasteiger partial charge in [0.1, 0.15) is 35.5 Å². The maximum absolute atomic E-state index is 13.9. The molecule has 2 aromatic carbocycles. The number of amides is 1. The summed E-state index contributed by atoms with van der Waals surface area (Å²) in [7, 11) is 2.39. The number of methoxy groups -OCH3 is 2. The molecule has 0 saturated carbocycles. The molecular formula is C30H40BF5N2O6. The van der Waals surface area contributed by atoms with Gasteiger partial charge in [0.25, 0.3) is 5.91 Å². The number of rotatable bonds is 9. The Bertz CT molecular complexity index is 1300. The first kappa shape index (κ1) is 36.8. The van der Waals surface area contributed by atoms with Crippen molar-refractivity contribution in [3.63, 3.8) is 0 Å². The smallest absolute Gasteiger partial charge is 0.497 e. The lowest BCUT2D eigenvalue weighted by Gasteiger charge is -2.32. The average molecular weight is 630 g/mol. The lowest BCUT2D eigenvalue weighted by atomic mass is 9.76. The van der Waals surface area contributed by atoms with E-state index in [0.717, 1.165) is 24.7 Å². The van der Waals surface area contributed by atoms with Crippen molar-refractivity contribution >= 4 is 30.1 Å². The van der Waals surface area contributed by atoms with Gasteiger partial charge in [-0.3, -0.25) is 9.59 Å². The number of carbonyl (C=O) groups excluding carboxylic acids is 2. The van der Waals surface area contributed by atoms with Crippen LogP contribution in [0.2, 0.25) is 0 Å². The Morgan fingerprint density at radius 1 is 1.00 bits per heavy atom. The normalized spacial score (nSPS) is 16.0. The van der Waals surface area contributed by atoms with Crippen molar-refractivity contribution in [3.8, 4) is 5.75 Å². The molecule has 14 heteroatoms. The average Bonchev–Trinajstić information content (AvgIpc) is 3.15. The summed E-state index contributed by atoms with van der Waals surface area (Å²) >= 11 is 0. The Hall–Kier alpha value is -3.39. The van der Waals surface area contributed by atoms with Crippen molar-refractivity contribution < 1.29 is 50.3 Å². The van der Waals surface area contributed by atoms with Crippen LogP contribution in [0.1, 0.15) is 69.4 Å². The molecule has 2 aromatic rings. The van der Waals surface area contributed by atoms with E-state index in [9.17, 15) is 31.5 Å². The van der Waals surface area contributed by atoms with Crippen molar-refractivity contribution in [1.82, 2.24) is 5.32 Å². The third-order valence-electron chi connectivity index (χ3n) is 7.62. The van der Waals surface area contributed by atoms with Gasteiger partial charge in [0.2, 0.25) is 0 Å². The molecule has 1 amide bonds. The summed E-state index contributed by atoms with van der Waals surface area (Å²) < 4.78 is 87.9. The standard InChI is InChI=1S/C16H25BO3.C14H15F5N2O3/c1-8-12-11(2)9-10-13(14(12)18-7)17-19-15(3,4)16(5,6)20-17;1-3-10(14(17,18)19)21-7-4-8(15)12(9(16)5-7)13(23)20-6-11(22)24-2/h9-10H,8H2,1-7H3;4-5,10,21H,3,6H2,1-2H3,(H,20,23). The molecule has 1 saturated heterocycles. The van der Waals surface area contributed by atoms with Crippen LogP contribution in [0.25, 0.3) is 0 Å². The predicted octanol–water partition coefficient (Wildman–Crippen LogP) is 5.49. The number of halogens is 5. The molecule has 8 nitrogen and oxygen atoms in total. The van der Waals surface area contributed by atoms with E-state index in [1.807, 2.05) is 10.6 Å². The number of esters is 1. The zero-order valence-corrected chi connectivity index (χ0v) is 26.4. The molecule has 1 fully saturated rings. The van der Waals surface area contributed by atoms with Gasteiger partial charge < -0.3 is 29.4 Å². The molecule has 1 heterocycles. The van der Waals surface area contributed by atoms with Crippen molar-refractivity contribution in [2.45, 2.75) is 84.7 Å². The van der Waals surface area contributed by atoms with Gasteiger partial charge in [0.05, 0.1) is 25.4 Å². The summed E-state index contributed by atoms with van der Waals surface area (Å²) in [5, 5.41) is 3.90. The lowest BCUT2D eigenvalue weighted by molar-refractivity contribution is -0.143. The second kappa shape index (κ2) is 14.6. The van der Waals surface area contributed by atoms with Crippen molar-refractivity contribution in [1.29, 1.82) is 0 Å². The minimum absolute atomic E-state index is 0.333. The van der Waals surface area contributed by atoms with Crippen LogP contribution in [0.5, 0.6) is 5.75 Å². The monoisotopic (exact) mass is 630 g/mol. The molecule has 2 N–H and O–H groups in total. The molecule has 1 aliphatic rings. The van der Waals surface area contributed by atoms with Gasteiger partial charge in [0.15, 0.2) is 0 Å². The van der Waals surface area contributed by atoms with Gasteiger partial charge in [-0.25, -0.2) is 8.78 Å². The Labute approximate surface area is 255 Å². The highest BCUT2D eigenvalue weighted by atomic mass is 19.4. The van der Waals surface area contributed by atoms with Crippen LogP contribution in [0, 0.1) is 18.6 Å². The maximum atomic E-state index is 13.9. The molecule has 0 bridgehead atoms. The van der Waals surface area contributed by atoms with Crippen LogP contribution < -0.4 is 20.8 Å². The fraction of sp³-hybridized carbons (Fsp3) is 0.533. The van der Waals surface area contributed by atoms with Crippen LogP contribution in [-0.4, -0.2) is 63.2 Å². The largest absolute Gasteiger partial charge is 0.498 e. The first-order valence-corrected chi connectivity index (χ1v) is 14.0. The van der Waals surface area contributed by atoms with E-state index in [2.05, 4.69) is 58.4 Å². The number of ether oxygens (including phenoxy) is 2. The van der Waals surface area contributed by atoms with E-state index in [4.69, 9.17) is 14.0 Å². The molecule has 0 radical (unpaired) electrons. The highest BCUT2D eigenvalue weighted by Crippen LogP contribution is 2.37. The second-order valence-electron chi connectivity index (χ2n) is 11.1. The van der Waals surface area contributed by atoms with Crippen LogP contribution in [0.3, 0.4) is 0 Å². The van der Waals surface area contributed by atoms with E-state index in [1.165, 1.54) is 18.1 Å². The van der Waals surface area contributed by atoms with Gasteiger partial charge in [-0.15, -0.1) is 0 Å². The topological polar surface area (TPSA) is 95.1 Å². The Morgan fingerprint density at radius 3 is 1.98 bits per heavy atom. The third-order valence-corrected chi connectivity index (χ3v) is 7.62. The molecule has 244 valence electrons. The fourth-order valence-corrected chi connectivity index (χ4v) is 4.38. The van der Waals surface area contributed by atoms with E-state index in [-0.39, 0.29) is 24.7 Å². The number of nitrogens with one attached hydrogen (secondary N) is 2. The Kier molecular flexibility index (Phi) is 12.2. The fourth-order valence-electron chi connectivity index (χ4n) is 4.38. The third kappa shape index (κ3) is 8.62. The predicted molar refractivity (Wildman–Crippen MR) is 157 cm³/mol. The summed E-state index contributed by atoms with van der Waals surface area (Å²) in [6.07, 6.45) is -4.02. The SMILES string of the molecule is CCC(Nc1cc(F)c(C(=O)NCC(=O)OC)c(F)c1)C(F)(F)F.CCc1c(C)ccc(B2OC(C)(C)C(C)(C)O2)c1OC. The number of aryl methyl sites for hydroxylation is 1. The molecule has 0 aliphatic carbocycles. The van der Waals surface area contributed by atoms with E-state index in [0.29, 0.717) is 12.1 Å². The van der Waals surface area contributed by atoms with Gasteiger partial charge in [-0.1, -0.05) is 26.0 Å². The molecule has 1 aliphatic heterocycles. The highest BCUT2D eigenvalue weighted by Gasteiger charge is 2.52. The zero-order chi connectivity index (χ0) is 33.6. The van der Waals surface area contributed by atoms with Crippen LogP contribution in [0.4, 0.5) is 27.6 Å². The minimum atomic E-state index is -4.60. The van der Waals surface area contributed by atoms with E-state index < -0.39 is 53.5 Å². The highest BCUT2D eigenvalue weighted by molar-refractivity contribution is 6.63. The van der Waals surface area contributed by atoms with Crippen molar-refractivity contribution in [3.05, 3.63) is 52.6 Å². The van der Waals surface area contributed by atoms with E-state index >= 15 is 0 Å². The number of benzene rings is 2. The summed E-state index contributed by atoms with van der Waals surface area (Å²) in [5.74, 6) is -3.90. The number of anilines is 1. The molecule has 3 rings (SSSR count). The summed E-state index contributed by atoms with van der Waals surface area (Å²) in [5.41, 5.74) is 1.31. The quantitative estimate of drug-likeness (QED) is 0.215. The Morgan fingerprint density at radius 2 is 1.55 bits per heavy atom. The zero-order valence-electron chi connectivity index (χ0n) is 26.4. The Balaban J connectivity index is 0.000000311. The first-order valence-electron chi connectivity index (χ1n) is 14.0. The van der Waals surface area contributed by atoms with Gasteiger partial charge in [0, 0.05) is 11.2 Å². The number of alkyl halides is 3. The van der Waals surface area contributed by atoms with E-state index in [1.54, 1.807) is 7.11 Å². The van der Waals surface area contributed by atoms with Crippen molar-refractivity contribution in [2.24, 2.45) is 0 Å². The first-order chi connectivity index (χ1) is 20.3. The molecule has 0 spiro atoms. The molecule has 1 atom stereocenters. The maximum Gasteiger partial charge on any atom is 0.498 e. The lowest BCUT2D eigenvalue weighted by Crippen LogP contribution is -2.41. The molecule has 0 aromatic heterocycles. The van der Waals surface area contributed by atoms with Gasteiger partial charge in [-0.05, 0) is 70.7 Å². The van der Waals surface area contributed by atoms with Crippen LogP contribution in [0.15, 0.2) is 24.3 Å². The van der Waals surface area contributed by atoms with Crippen molar-refractivity contribution in [2.75, 3.05) is 26.1 Å². The second-order valence-corrected chi connectivity index (χ2v) is 11.1. The molecule has 44 heavy (non-hydrogen) atoms. The number of carbonyl (C=O) groups is 2. The van der Waals surface area contributed by atoms with Crippen LogP contribution in [-0.2, 0) is 25.3 Å².